The SMILES string of the molecule is O=C(NCCCCC(F)(F)F)N1CCCC1. The van der Waals surface area contributed by atoms with Crippen LogP contribution in [0.15, 0.2) is 0 Å². The Bertz CT molecular complexity index is 225. The zero-order chi connectivity index (χ0) is 12.0. The smallest absolute Gasteiger partial charge is 0.338 e. The quantitative estimate of drug-likeness (QED) is 0.750. The molecule has 0 saturated carbocycles. The first-order valence-electron chi connectivity index (χ1n) is 5.58. The maximum Gasteiger partial charge on any atom is 0.389 e. The summed E-state index contributed by atoms with van der Waals surface area (Å²) in [7, 11) is 0. The molecule has 1 fully saturated rings. The van der Waals surface area contributed by atoms with Crippen LogP contribution in [0, 0.1) is 0 Å². The first kappa shape index (κ1) is 13.1. The highest BCUT2D eigenvalue weighted by Gasteiger charge is 2.25. The van der Waals surface area contributed by atoms with Crippen LogP contribution in [0.3, 0.4) is 0 Å². The van der Waals surface area contributed by atoms with Crippen LogP contribution in [0.4, 0.5) is 18.0 Å². The highest BCUT2D eigenvalue weighted by atomic mass is 19.4. The standard InChI is InChI=1S/C10H17F3N2O/c11-10(12,13)5-1-2-6-14-9(16)15-7-3-4-8-15/h1-8H2,(H,14,16). The molecule has 1 N–H and O–H groups in total. The third kappa shape index (κ3) is 5.23. The number of nitrogens with one attached hydrogen (secondary N) is 1. The van der Waals surface area contributed by atoms with Gasteiger partial charge < -0.3 is 10.2 Å². The number of urea groups is 1. The summed E-state index contributed by atoms with van der Waals surface area (Å²) in [5, 5.41) is 2.63. The van der Waals surface area contributed by atoms with Crippen LogP contribution in [0.5, 0.6) is 0 Å². The third-order valence-corrected chi connectivity index (χ3v) is 2.56. The fraction of sp³-hybridized carbons (Fsp3) is 0.900. The monoisotopic (exact) mass is 238 g/mol. The van der Waals surface area contributed by atoms with Gasteiger partial charge in [0.05, 0.1) is 0 Å². The average Bonchev–Trinajstić information content (AvgIpc) is 2.67. The van der Waals surface area contributed by atoms with Gasteiger partial charge in [-0.3, -0.25) is 0 Å². The number of unbranched alkanes of at least 4 members (excludes halogenated alkanes) is 1. The normalized spacial score (nSPS) is 16.6. The Labute approximate surface area is 93.0 Å². The van der Waals surface area contributed by atoms with E-state index in [1.165, 1.54) is 0 Å². The van der Waals surface area contributed by atoms with Crippen LogP contribution < -0.4 is 5.32 Å². The van der Waals surface area contributed by atoms with Crippen LogP contribution >= 0.6 is 0 Å². The van der Waals surface area contributed by atoms with Crippen LogP contribution in [0.1, 0.15) is 32.1 Å². The second kappa shape index (κ2) is 5.96. The molecule has 94 valence electrons. The minimum absolute atomic E-state index is 0.0732. The second-order valence-corrected chi connectivity index (χ2v) is 4.00. The molecule has 0 aromatic rings. The minimum Gasteiger partial charge on any atom is -0.338 e. The van der Waals surface area contributed by atoms with Gasteiger partial charge in [0.25, 0.3) is 0 Å². The molecule has 3 nitrogen and oxygen atoms in total. The molecule has 16 heavy (non-hydrogen) atoms. The number of carbonyl (C=O) groups excluding carboxylic acids is 1. The lowest BCUT2D eigenvalue weighted by Gasteiger charge is -2.16. The van der Waals surface area contributed by atoms with E-state index in [-0.39, 0.29) is 12.5 Å². The van der Waals surface area contributed by atoms with Gasteiger partial charge >= 0.3 is 12.2 Å². The van der Waals surface area contributed by atoms with E-state index in [4.69, 9.17) is 0 Å². The highest BCUT2D eigenvalue weighted by Crippen LogP contribution is 2.21. The van der Waals surface area contributed by atoms with E-state index in [1.54, 1.807) is 4.90 Å². The van der Waals surface area contributed by atoms with Crippen LogP contribution in [0.25, 0.3) is 0 Å². The molecule has 1 rings (SSSR count). The Hall–Kier alpha value is -0.940. The van der Waals surface area contributed by atoms with Crippen molar-refractivity contribution < 1.29 is 18.0 Å². The molecule has 0 spiro atoms. The highest BCUT2D eigenvalue weighted by molar-refractivity contribution is 5.74. The molecule has 0 aromatic heterocycles. The number of halogens is 3. The van der Waals surface area contributed by atoms with Crippen molar-refractivity contribution in [2.24, 2.45) is 0 Å². The summed E-state index contributed by atoms with van der Waals surface area (Å²) < 4.78 is 35.4. The van der Waals surface area contributed by atoms with E-state index in [0.717, 1.165) is 25.9 Å². The Morgan fingerprint density at radius 1 is 1.19 bits per heavy atom. The molecule has 0 unspecified atom stereocenters. The van der Waals surface area contributed by atoms with Gasteiger partial charge in [0.15, 0.2) is 0 Å². The van der Waals surface area contributed by atoms with Gasteiger partial charge in [0.2, 0.25) is 0 Å². The van der Waals surface area contributed by atoms with Crippen LogP contribution in [0.2, 0.25) is 0 Å². The Kier molecular flexibility index (Phi) is 4.89. The van der Waals surface area contributed by atoms with Gasteiger partial charge in [-0.15, -0.1) is 0 Å². The molecule has 1 heterocycles. The van der Waals surface area contributed by atoms with Gasteiger partial charge in [0.1, 0.15) is 0 Å². The minimum atomic E-state index is -4.08. The zero-order valence-corrected chi connectivity index (χ0v) is 9.15. The Balaban J connectivity index is 2.00. The predicted molar refractivity (Wildman–Crippen MR) is 54.1 cm³/mol. The van der Waals surface area contributed by atoms with Crippen molar-refractivity contribution in [2.45, 2.75) is 38.3 Å². The number of amides is 2. The van der Waals surface area contributed by atoms with E-state index < -0.39 is 12.6 Å². The van der Waals surface area contributed by atoms with Crippen molar-refractivity contribution in [1.82, 2.24) is 10.2 Å². The lowest BCUT2D eigenvalue weighted by atomic mass is 10.2. The van der Waals surface area contributed by atoms with E-state index in [1.807, 2.05) is 0 Å². The van der Waals surface area contributed by atoms with E-state index >= 15 is 0 Å². The lowest BCUT2D eigenvalue weighted by Crippen LogP contribution is -2.38. The summed E-state index contributed by atoms with van der Waals surface area (Å²) in [5.74, 6) is 0. The van der Waals surface area contributed by atoms with Crippen molar-refractivity contribution in [3.8, 4) is 0 Å². The van der Waals surface area contributed by atoms with Gasteiger partial charge in [-0.25, -0.2) is 4.79 Å². The van der Waals surface area contributed by atoms with Crippen molar-refractivity contribution in [1.29, 1.82) is 0 Å². The van der Waals surface area contributed by atoms with Crippen molar-refractivity contribution >= 4 is 6.03 Å². The van der Waals surface area contributed by atoms with Crippen molar-refractivity contribution in [3.63, 3.8) is 0 Å². The number of likely N-dealkylation sites (tertiary alicyclic amines) is 1. The molecule has 6 heteroatoms. The number of nitrogens with zero attached hydrogens (tertiary/aromatic N) is 1. The van der Waals surface area contributed by atoms with E-state index in [0.29, 0.717) is 13.0 Å². The maximum absolute atomic E-state index is 11.8. The van der Waals surface area contributed by atoms with Crippen LogP contribution in [-0.4, -0.2) is 36.7 Å². The zero-order valence-electron chi connectivity index (χ0n) is 9.15. The molecule has 0 bridgehead atoms. The van der Waals surface area contributed by atoms with Gasteiger partial charge in [-0.1, -0.05) is 0 Å². The molecule has 1 saturated heterocycles. The van der Waals surface area contributed by atoms with Crippen LogP contribution in [-0.2, 0) is 0 Å². The molecular weight excluding hydrogens is 221 g/mol. The molecule has 0 radical (unpaired) electrons. The summed E-state index contributed by atoms with van der Waals surface area (Å²) in [6, 6.07) is -0.149. The Morgan fingerprint density at radius 3 is 2.38 bits per heavy atom. The molecule has 1 aliphatic heterocycles. The van der Waals surface area contributed by atoms with Gasteiger partial charge in [0, 0.05) is 26.1 Å². The molecule has 2 amide bonds. The number of rotatable bonds is 4. The average molecular weight is 238 g/mol. The largest absolute Gasteiger partial charge is 0.389 e. The van der Waals surface area contributed by atoms with E-state index in [9.17, 15) is 18.0 Å². The van der Waals surface area contributed by atoms with E-state index in [2.05, 4.69) is 5.32 Å². The van der Waals surface area contributed by atoms with Crippen molar-refractivity contribution in [2.75, 3.05) is 19.6 Å². The number of hydrogen-bond donors (Lipinski definition) is 1. The second-order valence-electron chi connectivity index (χ2n) is 4.00. The fourth-order valence-corrected chi connectivity index (χ4v) is 1.68. The molecular formula is C10H17F3N2O. The molecule has 0 aliphatic carbocycles. The molecule has 0 aromatic carbocycles. The summed E-state index contributed by atoms with van der Waals surface area (Å²) in [5.41, 5.74) is 0. The third-order valence-electron chi connectivity index (χ3n) is 2.56. The number of alkyl halides is 3. The Morgan fingerprint density at radius 2 is 1.81 bits per heavy atom. The number of carbonyl (C=O) groups is 1. The topological polar surface area (TPSA) is 32.3 Å². The summed E-state index contributed by atoms with van der Waals surface area (Å²) in [4.78, 5) is 13.1. The summed E-state index contributed by atoms with van der Waals surface area (Å²) in [6.07, 6.45) is -2.38. The first-order valence-corrected chi connectivity index (χ1v) is 5.58. The van der Waals surface area contributed by atoms with Crippen molar-refractivity contribution in [3.05, 3.63) is 0 Å². The van der Waals surface area contributed by atoms with Gasteiger partial charge in [-0.05, 0) is 25.7 Å². The predicted octanol–water partition coefficient (Wildman–Crippen LogP) is 2.52. The maximum atomic E-state index is 11.8. The summed E-state index contributed by atoms with van der Waals surface area (Å²) in [6.45, 7) is 1.84. The summed E-state index contributed by atoms with van der Waals surface area (Å²) >= 11 is 0. The first-order chi connectivity index (χ1) is 7.49. The lowest BCUT2D eigenvalue weighted by molar-refractivity contribution is -0.135. The van der Waals surface area contributed by atoms with Gasteiger partial charge in [-0.2, -0.15) is 13.2 Å². The molecule has 1 aliphatic rings. The fourth-order valence-electron chi connectivity index (χ4n) is 1.68. The molecule has 0 atom stereocenters. The number of hydrogen-bond acceptors (Lipinski definition) is 1.